The number of nitrogens with zero attached hydrogens (tertiary/aromatic N) is 2. The van der Waals surface area contributed by atoms with E-state index in [-0.39, 0.29) is 0 Å². The second kappa shape index (κ2) is 4.52. The Labute approximate surface area is 119 Å². The molecule has 0 fully saturated rings. The Kier molecular flexibility index (Phi) is 2.54. The van der Waals surface area contributed by atoms with Crippen LogP contribution in [0.2, 0.25) is 0 Å². The predicted molar refractivity (Wildman–Crippen MR) is 80.3 cm³/mol. The van der Waals surface area contributed by atoms with Crippen LogP contribution in [0.25, 0.3) is 33.5 Å². The van der Waals surface area contributed by atoms with Gasteiger partial charge in [0.15, 0.2) is 0 Å². The quantitative estimate of drug-likeness (QED) is 0.394. The summed E-state index contributed by atoms with van der Waals surface area (Å²) in [4.78, 5) is 17.0. The smallest absolute Gasteiger partial charge is 0.315 e. The average Bonchev–Trinajstić information content (AvgIpc) is 2.55. The van der Waals surface area contributed by atoms with Gasteiger partial charge in [-0.1, -0.05) is 24.3 Å². The van der Waals surface area contributed by atoms with Gasteiger partial charge in [0.05, 0.1) is 15.7 Å². The van der Waals surface area contributed by atoms with Crippen LogP contribution in [-0.4, -0.2) is 4.98 Å². The molecule has 0 unspecified atom stereocenters. The molecule has 0 N–H and O–H groups in total. The molecular weight excluding hydrogens is 264 g/mol. The van der Waals surface area contributed by atoms with Crippen molar-refractivity contribution in [3.05, 3.63) is 71.8 Å². The van der Waals surface area contributed by atoms with Gasteiger partial charge in [0.2, 0.25) is 11.2 Å². The van der Waals surface area contributed by atoms with Crippen LogP contribution in [0.5, 0.6) is 0 Å². The second-order valence-electron chi connectivity index (χ2n) is 4.73. The number of fused-ring (bicyclic) bond motifs is 2. The Morgan fingerprint density at radius 3 is 2.52 bits per heavy atom. The third kappa shape index (κ3) is 1.80. The van der Waals surface area contributed by atoms with Crippen LogP contribution in [-0.2, 0) is 0 Å². The summed E-state index contributed by atoms with van der Waals surface area (Å²) < 4.78 is 6.76. The first kappa shape index (κ1) is 11.8. The lowest BCUT2D eigenvalue weighted by molar-refractivity contribution is -0.433. The third-order valence-electron chi connectivity index (χ3n) is 3.45. The number of aromatic nitrogens is 2. The normalized spacial score (nSPS) is 11.0. The molecule has 0 amide bonds. The van der Waals surface area contributed by atoms with E-state index in [4.69, 9.17) is 4.42 Å². The van der Waals surface area contributed by atoms with Crippen molar-refractivity contribution in [3.63, 3.8) is 0 Å². The summed E-state index contributed by atoms with van der Waals surface area (Å²) in [6.45, 7) is 0. The van der Waals surface area contributed by atoms with Crippen molar-refractivity contribution in [2.24, 2.45) is 0 Å². The van der Waals surface area contributed by atoms with Crippen molar-refractivity contribution < 1.29 is 8.84 Å². The molecular formula is C17H11N2O2+. The molecule has 0 aliphatic rings. The van der Waals surface area contributed by atoms with E-state index in [0.29, 0.717) is 22.2 Å². The van der Waals surface area contributed by atoms with Gasteiger partial charge in [-0.3, -0.25) is 4.98 Å². The first-order valence-corrected chi connectivity index (χ1v) is 6.63. The maximum absolute atomic E-state index is 12.7. The van der Waals surface area contributed by atoms with Gasteiger partial charge >= 0.3 is 11.0 Å². The molecule has 0 aliphatic carbocycles. The molecule has 2 aromatic carbocycles. The Balaban J connectivity index is 2.19. The van der Waals surface area contributed by atoms with Crippen LogP contribution in [0.3, 0.4) is 0 Å². The summed E-state index contributed by atoms with van der Waals surface area (Å²) in [5.74, 6) is 0. The molecule has 4 nitrogen and oxygen atoms in total. The van der Waals surface area contributed by atoms with Gasteiger partial charge in [-0.25, -0.2) is 0 Å². The summed E-state index contributed by atoms with van der Waals surface area (Å²) in [6.07, 6.45) is 1.71. The van der Waals surface area contributed by atoms with Crippen molar-refractivity contribution in [1.82, 2.24) is 4.98 Å². The highest BCUT2D eigenvalue weighted by Gasteiger charge is 2.20. The number of pyridine rings is 1. The standard InChI is InChI=1S/C17H11N2O2/c20-19-14-8-1-2-9-15(14)21-16-10-5-6-12(17(16)19)13-7-3-4-11-18-13/h1-11H/q+1. The first-order chi connectivity index (χ1) is 10.3. The zero-order valence-electron chi connectivity index (χ0n) is 11.1. The van der Waals surface area contributed by atoms with E-state index in [1.807, 2.05) is 42.5 Å². The summed E-state index contributed by atoms with van der Waals surface area (Å²) in [7, 11) is 0. The van der Waals surface area contributed by atoms with E-state index >= 15 is 0 Å². The monoisotopic (exact) mass is 275 g/mol. The lowest BCUT2D eigenvalue weighted by atomic mass is 10.1. The van der Waals surface area contributed by atoms with Crippen LogP contribution in [0.15, 0.2) is 71.3 Å². The molecule has 0 atom stereocenters. The molecule has 2 aromatic heterocycles. The summed E-state index contributed by atoms with van der Waals surface area (Å²) in [5, 5.41) is 0. The number of para-hydroxylation sites is 3. The number of hydrogen-bond acceptors (Lipinski definition) is 3. The topological polar surface area (TPSA) is 49.0 Å². The van der Waals surface area contributed by atoms with Gasteiger partial charge in [0.1, 0.15) is 0 Å². The highest BCUT2D eigenvalue weighted by atomic mass is 16.3. The molecule has 21 heavy (non-hydrogen) atoms. The van der Waals surface area contributed by atoms with Crippen molar-refractivity contribution in [3.8, 4) is 11.3 Å². The van der Waals surface area contributed by atoms with E-state index in [2.05, 4.69) is 4.98 Å². The zero-order chi connectivity index (χ0) is 14.2. The highest BCUT2D eigenvalue weighted by Crippen LogP contribution is 2.26. The fraction of sp³-hybridized carbons (Fsp3) is 0. The van der Waals surface area contributed by atoms with Crippen LogP contribution >= 0.6 is 0 Å². The molecule has 0 radical (unpaired) electrons. The Hall–Kier alpha value is -3.01. The average molecular weight is 275 g/mol. The maximum Gasteiger partial charge on any atom is 0.315 e. The number of rotatable bonds is 1. The van der Waals surface area contributed by atoms with Crippen molar-refractivity contribution in [1.29, 1.82) is 0 Å². The Morgan fingerprint density at radius 2 is 1.67 bits per heavy atom. The maximum atomic E-state index is 12.7. The summed E-state index contributed by atoms with van der Waals surface area (Å²) >= 11 is 0. The molecule has 100 valence electrons. The van der Waals surface area contributed by atoms with Crippen LogP contribution in [0, 0.1) is 4.91 Å². The predicted octanol–water partition coefficient (Wildman–Crippen LogP) is 3.56. The van der Waals surface area contributed by atoms with Gasteiger partial charge in [-0.2, -0.15) is 0 Å². The molecule has 0 aliphatic heterocycles. The van der Waals surface area contributed by atoms with Gasteiger partial charge in [-0.05, 0) is 30.3 Å². The van der Waals surface area contributed by atoms with Crippen molar-refractivity contribution in [2.45, 2.75) is 0 Å². The van der Waals surface area contributed by atoms with Crippen molar-refractivity contribution >= 4 is 22.2 Å². The molecule has 0 spiro atoms. The fourth-order valence-corrected chi connectivity index (χ4v) is 2.49. The minimum atomic E-state index is 0.495. The van der Waals surface area contributed by atoms with E-state index in [1.54, 1.807) is 24.4 Å². The molecule has 0 saturated carbocycles. The molecule has 0 bridgehead atoms. The fourth-order valence-electron chi connectivity index (χ4n) is 2.49. The van der Waals surface area contributed by atoms with Crippen LogP contribution < -0.4 is 4.43 Å². The van der Waals surface area contributed by atoms with Crippen LogP contribution in [0.1, 0.15) is 0 Å². The number of benzene rings is 2. The molecule has 4 heteroatoms. The van der Waals surface area contributed by atoms with E-state index in [0.717, 1.165) is 15.7 Å². The molecule has 2 heterocycles. The Morgan fingerprint density at radius 1 is 0.857 bits per heavy atom. The highest BCUT2D eigenvalue weighted by molar-refractivity contribution is 5.89. The minimum absolute atomic E-state index is 0.495. The summed E-state index contributed by atoms with van der Waals surface area (Å²) in [6, 6.07) is 18.4. The zero-order valence-corrected chi connectivity index (χ0v) is 11.1. The third-order valence-corrected chi connectivity index (χ3v) is 3.45. The van der Waals surface area contributed by atoms with E-state index in [9.17, 15) is 4.91 Å². The minimum Gasteiger partial charge on any atom is -0.443 e. The molecule has 4 rings (SSSR count). The number of hydrogen-bond donors (Lipinski definition) is 0. The second-order valence-corrected chi connectivity index (χ2v) is 4.73. The van der Waals surface area contributed by atoms with Crippen molar-refractivity contribution in [2.75, 3.05) is 0 Å². The van der Waals surface area contributed by atoms with E-state index in [1.165, 1.54) is 0 Å². The SMILES string of the molecule is O=[n+]1c2ccccc2oc2cccc(-c3ccccn3)c21. The largest absolute Gasteiger partial charge is 0.443 e. The van der Waals surface area contributed by atoms with Crippen LogP contribution in [0.4, 0.5) is 0 Å². The molecule has 4 aromatic rings. The summed E-state index contributed by atoms with van der Waals surface area (Å²) in [5.41, 5.74) is 3.63. The Bertz CT molecular complexity index is 1010. The van der Waals surface area contributed by atoms with Gasteiger partial charge < -0.3 is 4.42 Å². The van der Waals surface area contributed by atoms with Gasteiger partial charge in [0.25, 0.3) is 0 Å². The van der Waals surface area contributed by atoms with Gasteiger partial charge in [-0.15, -0.1) is 0 Å². The lowest BCUT2D eigenvalue weighted by Gasteiger charge is -2.00. The van der Waals surface area contributed by atoms with Gasteiger partial charge in [0, 0.05) is 17.2 Å². The van der Waals surface area contributed by atoms with E-state index < -0.39 is 0 Å². The lowest BCUT2D eigenvalue weighted by Crippen LogP contribution is -2.17. The first-order valence-electron chi connectivity index (χ1n) is 6.63. The molecule has 0 saturated heterocycles.